The van der Waals surface area contributed by atoms with E-state index in [1.807, 2.05) is 0 Å². The smallest absolute Gasteiger partial charge is 0.341 e. The maximum absolute atomic E-state index is 12.0. The maximum atomic E-state index is 12.0. The fourth-order valence-electron chi connectivity index (χ4n) is 1.28. The molecule has 0 spiro atoms. The minimum absolute atomic E-state index is 0.123. The molecule has 1 unspecified atom stereocenters. The van der Waals surface area contributed by atoms with Gasteiger partial charge in [0.15, 0.2) is 0 Å². The predicted molar refractivity (Wildman–Crippen MR) is 51.6 cm³/mol. The van der Waals surface area contributed by atoms with Gasteiger partial charge < -0.3 is 4.89 Å². The van der Waals surface area contributed by atoms with Crippen molar-refractivity contribution < 1.29 is 22.6 Å². The molecule has 6 heteroatoms. The van der Waals surface area contributed by atoms with Gasteiger partial charge >= 0.3 is 6.18 Å². The van der Waals surface area contributed by atoms with Crippen molar-refractivity contribution in [2.24, 2.45) is 0 Å². The van der Waals surface area contributed by atoms with Crippen molar-refractivity contribution in [1.29, 1.82) is 0 Å². The normalized spacial score (nSPS) is 16.1. The van der Waals surface area contributed by atoms with E-state index >= 15 is 0 Å². The standard InChI is InChI=1S/C9H10F3O2P/c1-7-4-2-3-5-8(7)15(13,14)6-9(10,11)12/h2-5H,6H2,1H3,(H,13,14). The molecule has 0 bridgehead atoms. The third-order valence-electron chi connectivity index (χ3n) is 1.89. The highest BCUT2D eigenvalue weighted by Crippen LogP contribution is 2.45. The predicted octanol–water partition coefficient (Wildman–Crippen LogP) is 2.45. The van der Waals surface area contributed by atoms with Crippen LogP contribution in [0.1, 0.15) is 5.56 Å². The van der Waals surface area contributed by atoms with Crippen LogP contribution in [0.25, 0.3) is 0 Å². The van der Waals surface area contributed by atoms with Gasteiger partial charge in [-0.25, -0.2) is 0 Å². The van der Waals surface area contributed by atoms with Crippen LogP contribution >= 0.6 is 7.37 Å². The third kappa shape index (κ3) is 3.36. The van der Waals surface area contributed by atoms with E-state index < -0.39 is 19.7 Å². The van der Waals surface area contributed by atoms with E-state index in [0.717, 1.165) is 0 Å². The molecule has 15 heavy (non-hydrogen) atoms. The van der Waals surface area contributed by atoms with Gasteiger partial charge in [0.2, 0.25) is 7.37 Å². The fraction of sp³-hybridized carbons (Fsp3) is 0.333. The van der Waals surface area contributed by atoms with Crippen LogP contribution in [0.5, 0.6) is 0 Å². The van der Waals surface area contributed by atoms with Gasteiger partial charge in [0.1, 0.15) is 6.16 Å². The lowest BCUT2D eigenvalue weighted by Gasteiger charge is -2.15. The fourth-order valence-corrected chi connectivity index (χ4v) is 2.88. The molecule has 0 aliphatic carbocycles. The van der Waals surface area contributed by atoms with Crippen LogP contribution in [0.4, 0.5) is 13.2 Å². The number of hydrogen-bond donors (Lipinski definition) is 1. The molecule has 1 rings (SSSR count). The van der Waals surface area contributed by atoms with Crippen LogP contribution < -0.4 is 5.30 Å². The molecular formula is C9H10F3O2P. The molecule has 1 N–H and O–H groups in total. The first-order chi connectivity index (χ1) is 6.72. The molecule has 0 aliphatic heterocycles. The molecule has 2 nitrogen and oxygen atoms in total. The Balaban J connectivity index is 3.07. The summed E-state index contributed by atoms with van der Waals surface area (Å²) < 4.78 is 47.6. The van der Waals surface area contributed by atoms with Gasteiger partial charge in [-0.05, 0) is 18.6 Å². The van der Waals surface area contributed by atoms with Gasteiger partial charge in [0.25, 0.3) is 0 Å². The van der Waals surface area contributed by atoms with E-state index in [-0.39, 0.29) is 5.30 Å². The Bertz CT molecular complexity index is 401. The average molecular weight is 238 g/mol. The van der Waals surface area contributed by atoms with Crippen LogP contribution in [0, 0.1) is 6.92 Å². The lowest BCUT2D eigenvalue weighted by molar-refractivity contribution is -0.107. The largest absolute Gasteiger partial charge is 0.398 e. The summed E-state index contributed by atoms with van der Waals surface area (Å²) in [6.45, 7) is 1.51. The van der Waals surface area contributed by atoms with Gasteiger partial charge in [0, 0.05) is 5.30 Å². The molecule has 0 amide bonds. The Hall–Kier alpha value is -0.800. The summed E-state index contributed by atoms with van der Waals surface area (Å²) in [4.78, 5) is 9.34. The van der Waals surface area contributed by atoms with Gasteiger partial charge in [-0.3, -0.25) is 4.57 Å². The van der Waals surface area contributed by atoms with E-state index in [1.165, 1.54) is 25.1 Å². The first-order valence-electron chi connectivity index (χ1n) is 4.17. The second-order valence-corrected chi connectivity index (χ2v) is 5.46. The average Bonchev–Trinajstić information content (AvgIpc) is 1.99. The molecule has 0 heterocycles. The van der Waals surface area contributed by atoms with Crippen LogP contribution in [-0.2, 0) is 4.57 Å². The highest BCUT2D eigenvalue weighted by molar-refractivity contribution is 7.66. The maximum Gasteiger partial charge on any atom is 0.398 e. The van der Waals surface area contributed by atoms with Gasteiger partial charge in [-0.1, -0.05) is 18.2 Å². The Labute approximate surface area is 85.2 Å². The Kier molecular flexibility index (Phi) is 3.26. The molecule has 0 saturated heterocycles. The first-order valence-corrected chi connectivity index (χ1v) is 6.02. The van der Waals surface area contributed by atoms with E-state index in [4.69, 9.17) is 0 Å². The quantitative estimate of drug-likeness (QED) is 0.803. The zero-order valence-electron chi connectivity index (χ0n) is 7.95. The molecule has 1 aromatic carbocycles. The van der Waals surface area contributed by atoms with Crippen LogP contribution in [0.15, 0.2) is 24.3 Å². The zero-order valence-corrected chi connectivity index (χ0v) is 8.85. The van der Waals surface area contributed by atoms with E-state index in [1.54, 1.807) is 6.07 Å². The van der Waals surface area contributed by atoms with Gasteiger partial charge in [0.05, 0.1) is 0 Å². The molecule has 84 valence electrons. The summed E-state index contributed by atoms with van der Waals surface area (Å²) in [5.74, 6) is 0. The van der Waals surface area contributed by atoms with Crippen molar-refractivity contribution in [3.8, 4) is 0 Å². The molecule has 1 aromatic rings. The Morgan fingerprint density at radius 3 is 2.33 bits per heavy atom. The van der Waals surface area contributed by atoms with Crippen molar-refractivity contribution >= 4 is 12.7 Å². The lowest BCUT2D eigenvalue weighted by Crippen LogP contribution is -2.21. The minimum atomic E-state index is -4.63. The number of rotatable bonds is 2. The van der Waals surface area contributed by atoms with E-state index in [9.17, 15) is 22.6 Å². The van der Waals surface area contributed by atoms with Crippen molar-refractivity contribution in [2.75, 3.05) is 6.16 Å². The number of benzene rings is 1. The summed E-state index contributed by atoms with van der Waals surface area (Å²) >= 11 is 0. The first kappa shape index (κ1) is 12.3. The SMILES string of the molecule is Cc1ccccc1P(=O)(O)CC(F)(F)F. The number of alkyl halides is 3. The van der Waals surface area contributed by atoms with E-state index in [0.29, 0.717) is 5.56 Å². The highest BCUT2D eigenvalue weighted by atomic mass is 31.2. The van der Waals surface area contributed by atoms with Crippen molar-refractivity contribution in [3.63, 3.8) is 0 Å². The van der Waals surface area contributed by atoms with Crippen molar-refractivity contribution in [2.45, 2.75) is 13.1 Å². The van der Waals surface area contributed by atoms with Gasteiger partial charge in [-0.15, -0.1) is 0 Å². The Morgan fingerprint density at radius 2 is 1.87 bits per heavy atom. The molecule has 0 aromatic heterocycles. The summed E-state index contributed by atoms with van der Waals surface area (Å²) in [7, 11) is -4.33. The summed E-state index contributed by atoms with van der Waals surface area (Å²) in [6, 6.07) is 5.81. The zero-order chi connectivity index (χ0) is 11.7. The topological polar surface area (TPSA) is 37.3 Å². The highest BCUT2D eigenvalue weighted by Gasteiger charge is 2.39. The summed E-state index contributed by atoms with van der Waals surface area (Å²) in [5.41, 5.74) is 0.396. The van der Waals surface area contributed by atoms with Crippen LogP contribution in [-0.4, -0.2) is 17.2 Å². The number of aryl methyl sites for hydroxylation is 1. The van der Waals surface area contributed by atoms with Gasteiger partial charge in [-0.2, -0.15) is 13.2 Å². The summed E-state index contributed by atoms with van der Waals surface area (Å²) in [5, 5.41) is -0.123. The van der Waals surface area contributed by atoms with Crippen LogP contribution in [0.2, 0.25) is 0 Å². The second kappa shape index (κ2) is 3.99. The van der Waals surface area contributed by atoms with Crippen molar-refractivity contribution in [1.82, 2.24) is 0 Å². The molecule has 0 aliphatic rings. The van der Waals surface area contributed by atoms with E-state index in [2.05, 4.69) is 0 Å². The van der Waals surface area contributed by atoms with Crippen molar-refractivity contribution in [3.05, 3.63) is 29.8 Å². The minimum Gasteiger partial charge on any atom is -0.341 e. The lowest BCUT2D eigenvalue weighted by atomic mass is 10.2. The molecule has 0 fully saturated rings. The Morgan fingerprint density at radius 1 is 1.33 bits per heavy atom. The van der Waals surface area contributed by atoms with Crippen LogP contribution in [0.3, 0.4) is 0 Å². The number of halogens is 3. The molecule has 0 radical (unpaired) electrons. The second-order valence-electron chi connectivity index (χ2n) is 3.26. The molecular weight excluding hydrogens is 228 g/mol. The number of hydrogen-bond acceptors (Lipinski definition) is 1. The monoisotopic (exact) mass is 238 g/mol. The molecule has 0 saturated carbocycles. The third-order valence-corrected chi connectivity index (χ3v) is 3.93. The summed E-state index contributed by atoms with van der Waals surface area (Å²) in [6.07, 6.45) is -6.31. The molecule has 1 atom stereocenters.